The molecule has 4 aromatic rings. The molecule has 0 fully saturated rings. The first-order valence-electron chi connectivity index (χ1n) is 9.09. The highest BCUT2D eigenvalue weighted by Gasteiger charge is 2.11. The van der Waals surface area contributed by atoms with Crippen molar-refractivity contribution in [3.63, 3.8) is 0 Å². The molecule has 1 heterocycles. The number of nitrogens with zero attached hydrogens (tertiary/aromatic N) is 2. The molecule has 0 radical (unpaired) electrons. The van der Waals surface area contributed by atoms with Gasteiger partial charge in [0.2, 0.25) is 5.91 Å². The number of para-hydroxylation sites is 2. The maximum Gasteiger partial charge on any atom is 0.234 e. The lowest BCUT2D eigenvalue weighted by atomic mass is 10.3. The molecule has 1 amide bonds. The third-order valence-corrected chi connectivity index (χ3v) is 7.44. The van der Waals surface area contributed by atoms with E-state index in [1.165, 1.54) is 23.1 Å². The predicted molar refractivity (Wildman–Crippen MR) is 129 cm³/mol. The molecule has 150 valence electrons. The van der Waals surface area contributed by atoms with E-state index in [1.54, 1.807) is 16.4 Å². The summed E-state index contributed by atoms with van der Waals surface area (Å²) in [7, 11) is 0. The van der Waals surface area contributed by atoms with Crippen LogP contribution in [0, 0.1) is 3.95 Å². The van der Waals surface area contributed by atoms with Crippen LogP contribution in [0.1, 0.15) is 0 Å². The van der Waals surface area contributed by atoms with E-state index < -0.39 is 0 Å². The normalized spacial score (nSPS) is 10.7. The van der Waals surface area contributed by atoms with Gasteiger partial charge in [-0.2, -0.15) is 0 Å². The van der Waals surface area contributed by atoms with Gasteiger partial charge in [0.25, 0.3) is 0 Å². The lowest BCUT2D eigenvalue weighted by Gasteiger charge is -2.10. The Morgan fingerprint density at radius 2 is 1.63 bits per heavy atom. The number of nitrogens with one attached hydrogen (secondary N) is 1. The number of thioether (sulfide) groups is 1. The van der Waals surface area contributed by atoms with Gasteiger partial charge < -0.3 is 5.32 Å². The van der Waals surface area contributed by atoms with Crippen molar-refractivity contribution in [3.8, 4) is 5.69 Å². The molecule has 0 saturated carbocycles. The quantitative estimate of drug-likeness (QED) is 0.247. The van der Waals surface area contributed by atoms with Crippen LogP contribution in [0.25, 0.3) is 5.69 Å². The van der Waals surface area contributed by atoms with Crippen molar-refractivity contribution in [1.29, 1.82) is 0 Å². The van der Waals surface area contributed by atoms with Gasteiger partial charge in [0.05, 0.1) is 17.1 Å². The molecule has 0 saturated heterocycles. The number of anilines is 1. The van der Waals surface area contributed by atoms with Crippen LogP contribution in [0.3, 0.4) is 0 Å². The third-order valence-electron chi connectivity index (χ3n) is 3.99. The molecule has 0 bridgehead atoms. The molecule has 8 heteroatoms. The van der Waals surface area contributed by atoms with Gasteiger partial charge in [-0.05, 0) is 48.6 Å². The Morgan fingerprint density at radius 3 is 2.40 bits per heavy atom. The molecular weight excluding hydrogens is 451 g/mol. The van der Waals surface area contributed by atoms with Crippen LogP contribution in [-0.2, 0) is 4.79 Å². The molecule has 30 heavy (non-hydrogen) atoms. The lowest BCUT2D eigenvalue weighted by molar-refractivity contribution is -0.113. The Balaban J connectivity index is 1.40. The van der Waals surface area contributed by atoms with Gasteiger partial charge in [0.1, 0.15) is 0 Å². The van der Waals surface area contributed by atoms with Crippen LogP contribution in [0.5, 0.6) is 0 Å². The molecule has 1 aromatic heterocycles. The Bertz CT molecular complexity index is 1190. The highest BCUT2D eigenvalue weighted by molar-refractivity contribution is 8.01. The second kappa shape index (κ2) is 10.1. The average molecular weight is 468 g/mol. The van der Waals surface area contributed by atoms with E-state index >= 15 is 0 Å². The van der Waals surface area contributed by atoms with Gasteiger partial charge in [0.15, 0.2) is 8.29 Å². The lowest BCUT2D eigenvalue weighted by Crippen LogP contribution is -2.14. The topological polar surface area (TPSA) is 46.9 Å². The van der Waals surface area contributed by atoms with Gasteiger partial charge in [-0.1, -0.05) is 83.4 Å². The summed E-state index contributed by atoms with van der Waals surface area (Å²) < 4.78 is 3.16. The van der Waals surface area contributed by atoms with E-state index in [9.17, 15) is 4.79 Å². The van der Waals surface area contributed by atoms with Crippen molar-refractivity contribution in [3.05, 3.63) is 88.9 Å². The molecule has 0 unspecified atom stereocenters. The summed E-state index contributed by atoms with van der Waals surface area (Å²) in [6.07, 6.45) is 0. The fourth-order valence-electron chi connectivity index (χ4n) is 2.64. The minimum Gasteiger partial charge on any atom is -0.324 e. The first-order valence-corrected chi connectivity index (χ1v) is 12.1. The van der Waals surface area contributed by atoms with Crippen molar-refractivity contribution in [2.24, 2.45) is 0 Å². The van der Waals surface area contributed by atoms with Crippen molar-refractivity contribution in [1.82, 2.24) is 9.78 Å². The van der Waals surface area contributed by atoms with Crippen molar-refractivity contribution in [2.45, 2.75) is 14.1 Å². The third kappa shape index (κ3) is 5.40. The van der Waals surface area contributed by atoms with Gasteiger partial charge >= 0.3 is 0 Å². The Hall–Kier alpha value is -2.39. The summed E-state index contributed by atoms with van der Waals surface area (Å²) in [6.45, 7) is 0. The summed E-state index contributed by atoms with van der Waals surface area (Å²) in [6, 6.07) is 27.7. The maximum absolute atomic E-state index is 12.6. The highest BCUT2D eigenvalue weighted by atomic mass is 32.2. The van der Waals surface area contributed by atoms with Gasteiger partial charge in [0, 0.05) is 9.79 Å². The fourth-order valence-corrected chi connectivity index (χ4v) is 5.72. The van der Waals surface area contributed by atoms with Gasteiger partial charge in [-0.25, -0.2) is 4.68 Å². The number of hydrogen-bond donors (Lipinski definition) is 1. The van der Waals surface area contributed by atoms with E-state index in [2.05, 4.69) is 22.5 Å². The van der Waals surface area contributed by atoms with Crippen molar-refractivity contribution in [2.75, 3.05) is 11.1 Å². The van der Waals surface area contributed by atoms with Crippen LogP contribution >= 0.6 is 47.1 Å². The van der Waals surface area contributed by atoms with E-state index in [0.717, 1.165) is 25.5 Å². The molecule has 4 nitrogen and oxygen atoms in total. The number of hydrogen-bond acceptors (Lipinski definition) is 6. The number of benzene rings is 3. The zero-order valence-electron chi connectivity index (χ0n) is 15.7. The molecular formula is C22H17N3OS4. The first-order chi connectivity index (χ1) is 14.7. The fraction of sp³-hybridized carbons (Fsp3) is 0.0455. The van der Waals surface area contributed by atoms with Crippen LogP contribution in [0.4, 0.5) is 5.69 Å². The number of carbonyl (C=O) groups is 1. The number of carbonyl (C=O) groups excluding carboxylic acids is 1. The molecule has 1 N–H and O–H groups in total. The molecule has 0 aliphatic carbocycles. The smallest absolute Gasteiger partial charge is 0.234 e. The summed E-state index contributed by atoms with van der Waals surface area (Å²) in [5.41, 5.74) is 1.72. The summed E-state index contributed by atoms with van der Waals surface area (Å²) in [4.78, 5) is 14.7. The van der Waals surface area contributed by atoms with Crippen LogP contribution in [0.2, 0.25) is 0 Å². The summed E-state index contributed by atoms with van der Waals surface area (Å²) >= 11 is 9.84. The highest BCUT2D eigenvalue weighted by Crippen LogP contribution is 2.33. The number of rotatable bonds is 7. The van der Waals surface area contributed by atoms with Gasteiger partial charge in [-0.15, -0.1) is 5.10 Å². The van der Waals surface area contributed by atoms with Crippen LogP contribution in [0.15, 0.2) is 99.1 Å². The van der Waals surface area contributed by atoms with Gasteiger partial charge in [-0.3, -0.25) is 4.79 Å². The number of aromatic nitrogens is 2. The molecule has 3 aromatic carbocycles. The minimum atomic E-state index is -0.0755. The largest absolute Gasteiger partial charge is 0.324 e. The summed E-state index contributed by atoms with van der Waals surface area (Å²) in [5.74, 6) is 0.190. The molecule has 4 rings (SSSR count). The second-order valence-corrected chi connectivity index (χ2v) is 10.1. The first kappa shape index (κ1) is 20.9. The van der Waals surface area contributed by atoms with E-state index in [1.807, 2.05) is 72.8 Å². The monoisotopic (exact) mass is 467 g/mol. The Morgan fingerprint density at radius 1 is 0.967 bits per heavy atom. The minimum absolute atomic E-state index is 0.0755. The zero-order valence-corrected chi connectivity index (χ0v) is 19.0. The SMILES string of the molecule is O=C(CSc1nn(-c2ccccc2)c(=S)s1)Nc1ccccc1Sc1ccccc1. The van der Waals surface area contributed by atoms with Crippen molar-refractivity contribution >= 4 is 58.7 Å². The van der Waals surface area contributed by atoms with E-state index in [0.29, 0.717) is 3.95 Å². The second-order valence-electron chi connectivity index (χ2n) is 6.13. The zero-order chi connectivity index (χ0) is 20.8. The van der Waals surface area contributed by atoms with Crippen molar-refractivity contribution < 1.29 is 4.79 Å². The van der Waals surface area contributed by atoms with E-state index in [-0.39, 0.29) is 11.7 Å². The van der Waals surface area contributed by atoms with E-state index in [4.69, 9.17) is 12.2 Å². The average Bonchev–Trinajstić information content (AvgIpc) is 3.16. The Labute approximate surface area is 192 Å². The maximum atomic E-state index is 12.6. The van der Waals surface area contributed by atoms with Crippen LogP contribution in [-0.4, -0.2) is 21.4 Å². The molecule has 0 aliphatic heterocycles. The Kier molecular flexibility index (Phi) is 7.01. The van der Waals surface area contributed by atoms with Crippen LogP contribution < -0.4 is 5.32 Å². The number of amides is 1. The standard InChI is InChI=1S/C22H17N3OS4/c26-20(15-28-21-24-25(22(27)30-21)16-9-3-1-4-10-16)23-18-13-7-8-14-19(18)29-17-11-5-2-6-12-17/h1-14H,15H2,(H,23,26). The summed E-state index contributed by atoms with van der Waals surface area (Å²) in [5, 5.41) is 7.56. The molecule has 0 aliphatic rings. The predicted octanol–water partition coefficient (Wildman–Crippen LogP) is 6.55. The molecule has 0 spiro atoms. The molecule has 0 atom stereocenters.